The molecule has 0 spiro atoms. The average molecular weight is 555 g/mol. The van der Waals surface area contributed by atoms with Gasteiger partial charge in [-0.2, -0.15) is 0 Å². The minimum absolute atomic E-state index is 0.0232. The summed E-state index contributed by atoms with van der Waals surface area (Å²) in [6, 6.07) is 12.9. The van der Waals surface area contributed by atoms with Crippen LogP contribution in [0.3, 0.4) is 0 Å². The Balaban J connectivity index is 2.01. The number of nitrogens with zero attached hydrogens (tertiary/aromatic N) is 1. The minimum atomic E-state index is -1.00. The summed E-state index contributed by atoms with van der Waals surface area (Å²) in [6.45, 7) is 6.02. The van der Waals surface area contributed by atoms with Crippen LogP contribution in [0.15, 0.2) is 58.2 Å². The van der Waals surface area contributed by atoms with Crippen molar-refractivity contribution in [1.29, 1.82) is 5.41 Å². The van der Waals surface area contributed by atoms with Gasteiger partial charge in [0.05, 0.1) is 20.8 Å². The molecule has 190 valence electrons. The average Bonchev–Trinajstić information content (AvgIpc) is 2.83. The molecular formula is C28H31BrN2O5. The maximum absolute atomic E-state index is 13.8. The summed E-state index contributed by atoms with van der Waals surface area (Å²) in [5.41, 5.74) is 2.44. The van der Waals surface area contributed by atoms with Crippen LogP contribution in [0.5, 0.6) is 11.5 Å². The van der Waals surface area contributed by atoms with Crippen molar-refractivity contribution in [3.8, 4) is 11.5 Å². The predicted octanol–water partition coefficient (Wildman–Crippen LogP) is 5.87. The van der Waals surface area contributed by atoms with Gasteiger partial charge in [-0.1, -0.05) is 35.8 Å². The largest absolute Gasteiger partial charge is 0.493 e. The molecule has 0 fully saturated rings. The van der Waals surface area contributed by atoms with Gasteiger partial charge in [-0.25, -0.2) is 0 Å². The van der Waals surface area contributed by atoms with Gasteiger partial charge in [-0.05, 0) is 60.7 Å². The standard InChI is InChI=1S/C28H31BrN2O5/c1-6-36-27(33)25-23(16-7-12-21(34-4)22(13-16)35-5)24-19(14-28(2,3)15-20(24)32)31(26(25)30)18-10-8-17(29)9-11-18/h7-13,23,25,30H,6,14-15H2,1-5H3. The summed E-state index contributed by atoms with van der Waals surface area (Å²) in [6.07, 6.45) is 0.943. The molecule has 1 N–H and O–H groups in total. The van der Waals surface area contributed by atoms with Gasteiger partial charge in [-0.3, -0.25) is 15.0 Å². The molecule has 0 aromatic heterocycles. The van der Waals surface area contributed by atoms with Crippen LogP contribution in [0.2, 0.25) is 0 Å². The third kappa shape index (κ3) is 4.66. The van der Waals surface area contributed by atoms with Crippen molar-refractivity contribution < 1.29 is 23.8 Å². The number of esters is 1. The van der Waals surface area contributed by atoms with Crippen molar-refractivity contribution in [2.45, 2.75) is 39.5 Å². The van der Waals surface area contributed by atoms with Gasteiger partial charge >= 0.3 is 5.97 Å². The van der Waals surface area contributed by atoms with Crippen molar-refractivity contribution in [3.05, 3.63) is 63.8 Å². The number of rotatable bonds is 6. The number of anilines is 1. The molecule has 1 heterocycles. The van der Waals surface area contributed by atoms with Gasteiger partial charge in [0.1, 0.15) is 11.8 Å². The summed E-state index contributed by atoms with van der Waals surface area (Å²) in [4.78, 5) is 29.0. The van der Waals surface area contributed by atoms with Crippen LogP contribution in [-0.2, 0) is 14.3 Å². The molecule has 0 amide bonds. The number of halogens is 1. The highest BCUT2D eigenvalue weighted by molar-refractivity contribution is 9.10. The van der Waals surface area contributed by atoms with Crippen LogP contribution in [0.1, 0.15) is 45.1 Å². The lowest BCUT2D eigenvalue weighted by molar-refractivity contribution is -0.146. The fourth-order valence-corrected chi connectivity index (χ4v) is 5.50. The Hall–Kier alpha value is -3.13. The monoisotopic (exact) mass is 554 g/mol. The van der Waals surface area contributed by atoms with Gasteiger partial charge in [0, 0.05) is 33.8 Å². The number of hydrogen-bond donors (Lipinski definition) is 1. The Morgan fingerprint density at radius 1 is 1.08 bits per heavy atom. The molecule has 1 aliphatic carbocycles. The molecule has 0 bridgehead atoms. The fourth-order valence-electron chi connectivity index (χ4n) is 5.23. The second-order valence-corrected chi connectivity index (χ2v) is 10.7. The molecule has 2 aliphatic rings. The number of ketones is 1. The number of methoxy groups -OCH3 is 2. The maximum atomic E-state index is 13.8. The molecule has 1 aliphatic heterocycles. The topological polar surface area (TPSA) is 88.9 Å². The molecule has 4 rings (SSSR count). The van der Waals surface area contributed by atoms with Gasteiger partial charge < -0.3 is 19.1 Å². The van der Waals surface area contributed by atoms with Crippen molar-refractivity contribution >= 4 is 39.2 Å². The maximum Gasteiger partial charge on any atom is 0.317 e. The molecule has 7 nitrogen and oxygen atoms in total. The van der Waals surface area contributed by atoms with Crippen LogP contribution in [0.4, 0.5) is 5.69 Å². The number of hydrogen-bond acceptors (Lipinski definition) is 6. The summed E-state index contributed by atoms with van der Waals surface area (Å²) in [7, 11) is 3.10. The van der Waals surface area contributed by atoms with Crippen LogP contribution >= 0.6 is 15.9 Å². The van der Waals surface area contributed by atoms with E-state index in [0.29, 0.717) is 35.5 Å². The molecule has 8 heteroatoms. The van der Waals surface area contributed by atoms with E-state index in [9.17, 15) is 15.0 Å². The Labute approximate surface area is 220 Å². The zero-order valence-electron chi connectivity index (χ0n) is 21.2. The highest BCUT2D eigenvalue weighted by atomic mass is 79.9. The Morgan fingerprint density at radius 2 is 1.75 bits per heavy atom. The number of carbonyl (C=O) groups is 2. The Bertz CT molecular complexity index is 1240. The van der Waals surface area contributed by atoms with Crippen LogP contribution in [0, 0.1) is 16.7 Å². The number of benzene rings is 2. The van der Waals surface area contributed by atoms with Crippen molar-refractivity contribution in [3.63, 3.8) is 0 Å². The van der Waals surface area contributed by atoms with E-state index >= 15 is 0 Å². The fraction of sp³-hybridized carbons (Fsp3) is 0.393. The lowest BCUT2D eigenvalue weighted by atomic mass is 9.66. The number of allylic oxidation sites excluding steroid dienone is 2. The van der Waals surface area contributed by atoms with Gasteiger partial charge in [-0.15, -0.1) is 0 Å². The quantitative estimate of drug-likeness (QED) is 0.449. The Kier molecular flexibility index (Phi) is 7.27. The summed E-state index contributed by atoms with van der Waals surface area (Å²) in [5.74, 6) is -1.12. The number of Topliss-reactive ketones (excluding diaryl/α,β-unsaturated/α-hetero) is 1. The smallest absolute Gasteiger partial charge is 0.317 e. The van der Waals surface area contributed by atoms with Gasteiger partial charge in [0.2, 0.25) is 0 Å². The van der Waals surface area contributed by atoms with E-state index in [-0.39, 0.29) is 23.6 Å². The molecule has 0 saturated heterocycles. The van der Waals surface area contributed by atoms with Crippen LogP contribution in [-0.4, -0.2) is 38.4 Å². The van der Waals surface area contributed by atoms with E-state index in [1.54, 1.807) is 38.2 Å². The minimum Gasteiger partial charge on any atom is -0.493 e. The van der Waals surface area contributed by atoms with E-state index in [1.165, 1.54) is 0 Å². The van der Waals surface area contributed by atoms with Crippen molar-refractivity contribution in [1.82, 2.24) is 0 Å². The molecule has 2 aromatic carbocycles. The third-order valence-electron chi connectivity index (χ3n) is 6.74. The summed E-state index contributed by atoms with van der Waals surface area (Å²) in [5, 5.41) is 9.29. The molecule has 2 unspecified atom stereocenters. The first-order valence-corrected chi connectivity index (χ1v) is 12.7. The van der Waals surface area contributed by atoms with Crippen LogP contribution in [0.25, 0.3) is 0 Å². The van der Waals surface area contributed by atoms with Gasteiger partial charge in [0.15, 0.2) is 17.3 Å². The first kappa shape index (κ1) is 25.9. The van der Waals surface area contributed by atoms with E-state index < -0.39 is 17.8 Å². The van der Waals surface area contributed by atoms with Crippen molar-refractivity contribution in [2.75, 3.05) is 25.7 Å². The van der Waals surface area contributed by atoms with E-state index in [1.807, 2.05) is 30.3 Å². The first-order valence-electron chi connectivity index (χ1n) is 11.9. The predicted molar refractivity (Wildman–Crippen MR) is 142 cm³/mol. The molecule has 36 heavy (non-hydrogen) atoms. The molecule has 2 aromatic rings. The van der Waals surface area contributed by atoms with E-state index in [4.69, 9.17) is 14.2 Å². The number of ether oxygens (including phenoxy) is 3. The highest BCUT2D eigenvalue weighted by Gasteiger charge is 2.51. The molecule has 2 atom stereocenters. The first-order chi connectivity index (χ1) is 17.1. The second-order valence-electron chi connectivity index (χ2n) is 9.82. The zero-order valence-corrected chi connectivity index (χ0v) is 22.8. The summed E-state index contributed by atoms with van der Waals surface area (Å²) >= 11 is 3.47. The lowest BCUT2D eigenvalue weighted by Gasteiger charge is -2.46. The molecule has 0 radical (unpaired) electrons. The second kappa shape index (κ2) is 10.1. The number of amidine groups is 1. The lowest BCUT2D eigenvalue weighted by Crippen LogP contribution is -2.51. The van der Waals surface area contributed by atoms with E-state index in [2.05, 4.69) is 29.8 Å². The highest BCUT2D eigenvalue weighted by Crippen LogP contribution is 2.51. The van der Waals surface area contributed by atoms with Gasteiger partial charge in [0.25, 0.3) is 0 Å². The van der Waals surface area contributed by atoms with Crippen LogP contribution < -0.4 is 14.4 Å². The number of nitrogens with one attached hydrogen (secondary N) is 1. The van der Waals surface area contributed by atoms with Crippen molar-refractivity contribution in [2.24, 2.45) is 11.3 Å². The number of carbonyl (C=O) groups excluding carboxylic acids is 2. The van der Waals surface area contributed by atoms with E-state index in [0.717, 1.165) is 15.9 Å². The molecular weight excluding hydrogens is 524 g/mol. The molecule has 0 saturated carbocycles. The normalized spacial score (nSPS) is 21.2. The zero-order chi connectivity index (χ0) is 26.2. The third-order valence-corrected chi connectivity index (χ3v) is 7.27. The summed E-state index contributed by atoms with van der Waals surface area (Å²) < 4.78 is 17.3. The Morgan fingerprint density at radius 3 is 2.36 bits per heavy atom. The SMILES string of the molecule is CCOC(=O)C1C(=N)N(c2ccc(Br)cc2)C2=C(C(=O)CC(C)(C)C2)C1c1ccc(OC)c(OC)c1.